The van der Waals surface area contributed by atoms with Crippen LogP contribution in [-0.2, 0) is 9.53 Å². The van der Waals surface area contributed by atoms with E-state index in [-0.39, 0.29) is 18.0 Å². The molecule has 4 saturated carbocycles. The van der Waals surface area contributed by atoms with Crippen LogP contribution in [-0.4, -0.2) is 23.3 Å². The van der Waals surface area contributed by atoms with E-state index in [1.165, 1.54) is 6.42 Å². The predicted molar refractivity (Wildman–Crippen MR) is 63.3 cm³/mol. The highest BCUT2D eigenvalue weighted by molar-refractivity contribution is 5.70. The molecule has 0 saturated heterocycles. The molecule has 0 aromatic rings. The van der Waals surface area contributed by atoms with Crippen molar-refractivity contribution in [1.29, 1.82) is 5.26 Å². The van der Waals surface area contributed by atoms with Crippen molar-refractivity contribution >= 4 is 5.97 Å². The molecule has 0 spiro atoms. The summed E-state index contributed by atoms with van der Waals surface area (Å²) in [7, 11) is 0. The number of nitrogens with zero attached hydrogens (tertiary/aromatic N) is 1. The van der Waals surface area contributed by atoms with Gasteiger partial charge in [0.1, 0.15) is 6.07 Å². The first-order valence-electron chi connectivity index (χ1n) is 6.78. The zero-order valence-corrected chi connectivity index (χ0v) is 10.5. The molecule has 0 radical (unpaired) electrons. The van der Waals surface area contributed by atoms with Gasteiger partial charge in [-0.25, -0.2) is 0 Å². The summed E-state index contributed by atoms with van der Waals surface area (Å²) >= 11 is 0. The molecule has 0 aliphatic heterocycles. The quantitative estimate of drug-likeness (QED) is 0.774. The molecule has 0 heterocycles. The minimum Gasteiger partial charge on any atom is -0.450 e. The molecule has 4 fully saturated rings. The van der Waals surface area contributed by atoms with Crippen molar-refractivity contribution < 1.29 is 14.6 Å². The Morgan fingerprint density at radius 3 is 2.56 bits per heavy atom. The maximum Gasteiger partial charge on any atom is 0.307 e. The van der Waals surface area contributed by atoms with Crippen LogP contribution in [0.1, 0.15) is 44.9 Å². The van der Waals surface area contributed by atoms with Crippen molar-refractivity contribution in [3.8, 4) is 6.07 Å². The second-order valence-corrected chi connectivity index (χ2v) is 6.68. The summed E-state index contributed by atoms with van der Waals surface area (Å²) < 4.78 is 4.88. The maximum atomic E-state index is 11.7. The third kappa shape index (κ3) is 2.01. The average Bonchev–Trinajstić information content (AvgIpc) is 2.21. The van der Waals surface area contributed by atoms with Crippen LogP contribution in [0, 0.1) is 28.6 Å². The van der Waals surface area contributed by atoms with Crippen molar-refractivity contribution in [1.82, 2.24) is 0 Å². The van der Waals surface area contributed by atoms with Gasteiger partial charge in [-0.2, -0.15) is 5.26 Å². The zero-order chi connectivity index (χ0) is 12.8. The van der Waals surface area contributed by atoms with Gasteiger partial charge in [-0.3, -0.25) is 4.79 Å². The number of nitriles is 1. The number of hydrogen-bond donors (Lipinski definition) is 1. The summed E-state index contributed by atoms with van der Waals surface area (Å²) in [4.78, 5) is 11.7. The van der Waals surface area contributed by atoms with Crippen LogP contribution in [0.3, 0.4) is 0 Å². The number of carbonyl (C=O) groups excluding carboxylic acids is 1. The van der Waals surface area contributed by atoms with Gasteiger partial charge in [0, 0.05) is 0 Å². The largest absolute Gasteiger partial charge is 0.450 e. The molecule has 98 valence electrons. The van der Waals surface area contributed by atoms with E-state index in [1.807, 2.05) is 6.07 Å². The monoisotopic (exact) mass is 249 g/mol. The Morgan fingerprint density at radius 1 is 1.33 bits per heavy atom. The van der Waals surface area contributed by atoms with Crippen LogP contribution in [0.15, 0.2) is 0 Å². The van der Waals surface area contributed by atoms with Gasteiger partial charge in [-0.05, 0) is 55.8 Å². The van der Waals surface area contributed by atoms with Gasteiger partial charge in [-0.1, -0.05) is 0 Å². The van der Waals surface area contributed by atoms with Gasteiger partial charge in [0.25, 0.3) is 0 Å². The summed E-state index contributed by atoms with van der Waals surface area (Å²) in [5.41, 5.74) is -0.578. The number of aliphatic hydroxyl groups is 1. The third-order valence-corrected chi connectivity index (χ3v) is 4.97. The molecule has 0 aromatic carbocycles. The van der Waals surface area contributed by atoms with E-state index in [9.17, 15) is 9.90 Å². The summed E-state index contributed by atoms with van der Waals surface area (Å²) in [5, 5.41) is 19.0. The second-order valence-electron chi connectivity index (χ2n) is 6.68. The molecule has 4 atom stereocenters. The van der Waals surface area contributed by atoms with Gasteiger partial charge in [-0.15, -0.1) is 0 Å². The van der Waals surface area contributed by atoms with Gasteiger partial charge in [0.15, 0.2) is 6.61 Å². The van der Waals surface area contributed by atoms with Gasteiger partial charge >= 0.3 is 5.97 Å². The highest BCUT2D eigenvalue weighted by Gasteiger charge is 2.57. The lowest BCUT2D eigenvalue weighted by Crippen LogP contribution is -2.56. The van der Waals surface area contributed by atoms with Crippen LogP contribution >= 0.6 is 0 Å². The Morgan fingerprint density at radius 2 is 2.00 bits per heavy atom. The highest BCUT2D eigenvalue weighted by Crippen LogP contribution is 2.62. The number of esters is 1. The lowest BCUT2D eigenvalue weighted by Gasteiger charge is -2.60. The fourth-order valence-corrected chi connectivity index (χ4v) is 5.08. The van der Waals surface area contributed by atoms with Gasteiger partial charge in [0.05, 0.1) is 12.0 Å². The molecule has 0 aromatic heterocycles. The number of rotatable bonds is 3. The average molecular weight is 249 g/mol. The summed E-state index contributed by atoms with van der Waals surface area (Å²) in [6, 6.07) is 1.82. The summed E-state index contributed by atoms with van der Waals surface area (Å²) in [6.45, 7) is -0.161. The molecule has 4 bridgehead atoms. The molecule has 4 rings (SSSR count). The zero-order valence-electron chi connectivity index (χ0n) is 10.5. The molecule has 4 aliphatic rings. The van der Waals surface area contributed by atoms with Crippen molar-refractivity contribution in [2.75, 3.05) is 6.61 Å². The number of carbonyl (C=O) groups is 1. The molecule has 0 amide bonds. The maximum absolute atomic E-state index is 11.7. The van der Waals surface area contributed by atoms with E-state index < -0.39 is 5.60 Å². The van der Waals surface area contributed by atoms with Gasteiger partial charge < -0.3 is 9.84 Å². The third-order valence-electron chi connectivity index (χ3n) is 4.97. The fraction of sp³-hybridized carbons (Fsp3) is 0.857. The van der Waals surface area contributed by atoms with E-state index in [0.29, 0.717) is 18.3 Å². The number of ether oxygens (including phenoxy) is 1. The number of hydrogen-bond acceptors (Lipinski definition) is 4. The Kier molecular flexibility index (Phi) is 2.63. The predicted octanol–water partition coefficient (Wildman–Crippen LogP) is 1.77. The lowest BCUT2D eigenvalue weighted by atomic mass is 9.47. The van der Waals surface area contributed by atoms with E-state index in [2.05, 4.69) is 0 Å². The molecule has 4 nitrogen and oxygen atoms in total. The normalized spacial score (nSPS) is 44.7. The van der Waals surface area contributed by atoms with Crippen molar-refractivity contribution in [3.05, 3.63) is 0 Å². The van der Waals surface area contributed by atoms with Crippen molar-refractivity contribution in [3.63, 3.8) is 0 Å². The Bertz CT molecular complexity index is 398. The fourth-order valence-electron chi connectivity index (χ4n) is 5.08. The highest BCUT2D eigenvalue weighted by atomic mass is 16.5. The van der Waals surface area contributed by atoms with Crippen LogP contribution in [0.2, 0.25) is 0 Å². The van der Waals surface area contributed by atoms with E-state index in [1.54, 1.807) is 0 Å². The van der Waals surface area contributed by atoms with Crippen LogP contribution in [0.25, 0.3) is 0 Å². The topological polar surface area (TPSA) is 70.3 Å². The first-order chi connectivity index (χ1) is 8.53. The van der Waals surface area contributed by atoms with Crippen LogP contribution in [0.5, 0.6) is 0 Å². The molecule has 1 N–H and O–H groups in total. The standard InChI is InChI=1S/C14H19NO3/c15-1-2-18-12(16)8-13-4-10-3-11(5-13)7-14(17,6-10)9-13/h10-11,17H,2-9H2/t10-,11+,13?,14?. The van der Waals surface area contributed by atoms with Gasteiger partial charge in [0.2, 0.25) is 0 Å². The SMILES string of the molecule is N#CCOC(=O)CC12C[C@@H]3C[C@@H](CC(O)(C3)C1)C2. The molecule has 4 heteroatoms. The molecular formula is C14H19NO3. The Balaban J connectivity index is 1.71. The first-order valence-corrected chi connectivity index (χ1v) is 6.78. The summed E-state index contributed by atoms with van der Waals surface area (Å²) in [5.74, 6) is 0.891. The van der Waals surface area contributed by atoms with E-state index in [0.717, 1.165) is 32.1 Å². The first kappa shape index (κ1) is 12.0. The lowest BCUT2D eigenvalue weighted by molar-refractivity contribution is -0.176. The smallest absolute Gasteiger partial charge is 0.307 e. The second kappa shape index (κ2) is 3.96. The van der Waals surface area contributed by atoms with E-state index >= 15 is 0 Å². The molecular weight excluding hydrogens is 230 g/mol. The molecule has 2 unspecified atom stereocenters. The Labute approximate surface area is 107 Å². The molecule has 4 aliphatic carbocycles. The molecule has 18 heavy (non-hydrogen) atoms. The van der Waals surface area contributed by atoms with Crippen molar-refractivity contribution in [2.45, 2.75) is 50.5 Å². The minimum atomic E-state index is -0.528. The summed E-state index contributed by atoms with van der Waals surface area (Å²) in [6.07, 6.45) is 6.27. The van der Waals surface area contributed by atoms with E-state index in [4.69, 9.17) is 10.00 Å². The van der Waals surface area contributed by atoms with Crippen LogP contribution in [0.4, 0.5) is 0 Å². The van der Waals surface area contributed by atoms with Crippen LogP contribution < -0.4 is 0 Å². The Hall–Kier alpha value is -1.08. The minimum absolute atomic E-state index is 0.0502. The van der Waals surface area contributed by atoms with Crippen molar-refractivity contribution in [2.24, 2.45) is 17.3 Å².